The number of rotatable bonds is 3. The number of benzene rings is 2. The van der Waals surface area contributed by atoms with Crippen LogP contribution in [0.5, 0.6) is 17.2 Å². The first-order chi connectivity index (χ1) is 8.60. The van der Waals surface area contributed by atoms with Crippen LogP contribution in [-0.2, 0) is 6.42 Å². The lowest BCUT2D eigenvalue weighted by Crippen LogP contribution is -1.86. The van der Waals surface area contributed by atoms with Gasteiger partial charge >= 0.3 is 0 Å². The molecular formula is C15H16O3. The van der Waals surface area contributed by atoms with Crippen molar-refractivity contribution in [1.29, 1.82) is 0 Å². The Morgan fingerprint density at radius 2 is 1.50 bits per heavy atom. The number of phenols is 3. The molecule has 0 radical (unpaired) electrons. The van der Waals surface area contributed by atoms with Gasteiger partial charge in [0.1, 0.15) is 17.2 Å². The van der Waals surface area contributed by atoms with Crippen molar-refractivity contribution in [2.75, 3.05) is 0 Å². The molecule has 94 valence electrons. The van der Waals surface area contributed by atoms with Crippen LogP contribution in [0.2, 0.25) is 0 Å². The van der Waals surface area contributed by atoms with Crippen LogP contribution < -0.4 is 0 Å². The van der Waals surface area contributed by atoms with E-state index in [0.29, 0.717) is 0 Å². The molecule has 3 heteroatoms. The van der Waals surface area contributed by atoms with Gasteiger partial charge in [-0.25, -0.2) is 0 Å². The van der Waals surface area contributed by atoms with Crippen molar-refractivity contribution in [2.45, 2.75) is 19.8 Å². The van der Waals surface area contributed by atoms with Crippen molar-refractivity contribution in [2.24, 2.45) is 0 Å². The summed E-state index contributed by atoms with van der Waals surface area (Å²) in [7, 11) is 0. The molecule has 0 saturated carbocycles. The first kappa shape index (κ1) is 12.3. The fourth-order valence-electron chi connectivity index (χ4n) is 2.00. The molecule has 0 aromatic heterocycles. The lowest BCUT2D eigenvalue weighted by molar-refractivity contribution is 0.451. The molecule has 0 amide bonds. The molecule has 0 saturated heterocycles. The molecule has 2 rings (SSSR count). The molecule has 0 aliphatic carbocycles. The molecule has 18 heavy (non-hydrogen) atoms. The van der Waals surface area contributed by atoms with E-state index in [1.165, 1.54) is 6.07 Å². The Hall–Kier alpha value is -2.16. The second-order valence-electron chi connectivity index (χ2n) is 4.33. The van der Waals surface area contributed by atoms with Gasteiger partial charge in [-0.15, -0.1) is 0 Å². The highest BCUT2D eigenvalue weighted by Crippen LogP contribution is 2.31. The molecule has 0 aliphatic rings. The van der Waals surface area contributed by atoms with Gasteiger partial charge in [-0.1, -0.05) is 19.4 Å². The molecule has 2 aromatic carbocycles. The van der Waals surface area contributed by atoms with E-state index in [2.05, 4.69) is 0 Å². The van der Waals surface area contributed by atoms with Gasteiger partial charge in [-0.2, -0.15) is 0 Å². The smallest absolute Gasteiger partial charge is 0.119 e. The molecule has 3 N–H and O–H groups in total. The largest absolute Gasteiger partial charge is 0.508 e. The lowest BCUT2D eigenvalue weighted by atomic mass is 10.00. The minimum atomic E-state index is 0.0233. The Morgan fingerprint density at radius 1 is 0.833 bits per heavy atom. The zero-order chi connectivity index (χ0) is 13.1. The van der Waals surface area contributed by atoms with E-state index in [0.717, 1.165) is 29.5 Å². The Bertz CT molecular complexity index is 541. The number of hydrogen-bond acceptors (Lipinski definition) is 3. The van der Waals surface area contributed by atoms with E-state index >= 15 is 0 Å². The summed E-state index contributed by atoms with van der Waals surface area (Å²) in [6.07, 6.45) is 1.74. The first-order valence-electron chi connectivity index (χ1n) is 5.95. The predicted octanol–water partition coefficient (Wildman–Crippen LogP) is 3.42. The van der Waals surface area contributed by atoms with Crippen LogP contribution in [0.3, 0.4) is 0 Å². The highest BCUT2D eigenvalue weighted by Gasteiger charge is 2.06. The van der Waals surface area contributed by atoms with Crippen molar-refractivity contribution in [3.63, 3.8) is 0 Å². The maximum atomic E-state index is 9.72. The van der Waals surface area contributed by atoms with Crippen LogP contribution in [0, 0.1) is 0 Å². The highest BCUT2D eigenvalue weighted by atomic mass is 16.3. The Morgan fingerprint density at radius 3 is 2.11 bits per heavy atom. The van der Waals surface area contributed by atoms with Crippen molar-refractivity contribution >= 4 is 0 Å². The van der Waals surface area contributed by atoms with Gasteiger partial charge in [-0.3, -0.25) is 0 Å². The zero-order valence-corrected chi connectivity index (χ0v) is 10.2. The summed E-state index contributed by atoms with van der Waals surface area (Å²) >= 11 is 0. The molecular weight excluding hydrogens is 228 g/mol. The van der Waals surface area contributed by atoms with Crippen molar-refractivity contribution in [3.8, 4) is 28.4 Å². The number of aromatic hydroxyl groups is 3. The quantitative estimate of drug-likeness (QED) is 0.775. The van der Waals surface area contributed by atoms with Gasteiger partial charge in [0.15, 0.2) is 0 Å². The molecule has 0 unspecified atom stereocenters. The van der Waals surface area contributed by atoms with E-state index in [-0.39, 0.29) is 17.2 Å². The number of hydrogen-bond donors (Lipinski definition) is 3. The van der Waals surface area contributed by atoms with Gasteiger partial charge in [0, 0.05) is 6.07 Å². The Kier molecular flexibility index (Phi) is 3.42. The van der Waals surface area contributed by atoms with Crippen molar-refractivity contribution < 1.29 is 15.3 Å². The van der Waals surface area contributed by atoms with Gasteiger partial charge in [-0.05, 0) is 47.4 Å². The third kappa shape index (κ3) is 2.56. The van der Waals surface area contributed by atoms with E-state index in [1.807, 2.05) is 13.0 Å². The summed E-state index contributed by atoms with van der Waals surface area (Å²) in [6.45, 7) is 2.05. The number of phenolic OH excluding ortho intramolecular Hbond substituents is 3. The Labute approximate surface area is 106 Å². The maximum absolute atomic E-state index is 9.72. The minimum absolute atomic E-state index is 0.0233. The molecule has 0 bridgehead atoms. The summed E-state index contributed by atoms with van der Waals surface area (Å²) in [5, 5.41) is 28.7. The van der Waals surface area contributed by atoms with Crippen LogP contribution in [0.1, 0.15) is 18.9 Å². The maximum Gasteiger partial charge on any atom is 0.119 e. The fourth-order valence-corrected chi connectivity index (χ4v) is 2.00. The summed E-state index contributed by atoms with van der Waals surface area (Å²) in [5.74, 6) is 0.329. The number of aryl methyl sites for hydroxylation is 1. The normalized spacial score (nSPS) is 10.5. The molecule has 0 heterocycles. The second kappa shape index (κ2) is 5.00. The van der Waals surface area contributed by atoms with E-state index in [1.54, 1.807) is 24.3 Å². The monoisotopic (exact) mass is 244 g/mol. The summed E-state index contributed by atoms with van der Waals surface area (Å²) in [4.78, 5) is 0. The van der Waals surface area contributed by atoms with Crippen LogP contribution in [0.15, 0.2) is 36.4 Å². The van der Waals surface area contributed by atoms with Crippen LogP contribution >= 0.6 is 0 Å². The molecule has 0 fully saturated rings. The molecule has 0 atom stereocenters. The van der Waals surface area contributed by atoms with Gasteiger partial charge < -0.3 is 15.3 Å². The van der Waals surface area contributed by atoms with Crippen molar-refractivity contribution in [3.05, 3.63) is 42.0 Å². The predicted molar refractivity (Wildman–Crippen MR) is 70.9 cm³/mol. The first-order valence-corrected chi connectivity index (χ1v) is 5.95. The second-order valence-corrected chi connectivity index (χ2v) is 4.33. The van der Waals surface area contributed by atoms with E-state index < -0.39 is 0 Å². The summed E-state index contributed by atoms with van der Waals surface area (Å²) < 4.78 is 0. The topological polar surface area (TPSA) is 60.7 Å². The molecule has 0 aliphatic heterocycles. The van der Waals surface area contributed by atoms with E-state index in [4.69, 9.17) is 0 Å². The standard InChI is InChI=1S/C15H16O3/c1-2-3-11-6-10(4-5-15(11)18)12-7-13(16)9-14(17)8-12/h4-9,16-18H,2-3H2,1H3. The fraction of sp³-hybridized carbons (Fsp3) is 0.200. The Balaban J connectivity index is 2.47. The van der Waals surface area contributed by atoms with Crippen LogP contribution in [0.25, 0.3) is 11.1 Å². The van der Waals surface area contributed by atoms with Gasteiger partial charge in [0.05, 0.1) is 0 Å². The third-order valence-corrected chi connectivity index (χ3v) is 2.83. The lowest BCUT2D eigenvalue weighted by Gasteiger charge is -2.08. The average Bonchev–Trinajstić information content (AvgIpc) is 2.31. The van der Waals surface area contributed by atoms with Crippen LogP contribution in [-0.4, -0.2) is 15.3 Å². The third-order valence-electron chi connectivity index (χ3n) is 2.83. The van der Waals surface area contributed by atoms with Crippen molar-refractivity contribution in [1.82, 2.24) is 0 Å². The van der Waals surface area contributed by atoms with Gasteiger partial charge in [0.25, 0.3) is 0 Å². The van der Waals surface area contributed by atoms with E-state index in [9.17, 15) is 15.3 Å². The minimum Gasteiger partial charge on any atom is -0.508 e. The molecule has 2 aromatic rings. The average molecular weight is 244 g/mol. The molecule has 0 spiro atoms. The summed E-state index contributed by atoms with van der Waals surface area (Å²) in [6, 6.07) is 9.75. The van der Waals surface area contributed by atoms with Gasteiger partial charge in [0.2, 0.25) is 0 Å². The summed E-state index contributed by atoms with van der Waals surface area (Å²) in [5.41, 5.74) is 2.46. The van der Waals surface area contributed by atoms with Crippen LogP contribution in [0.4, 0.5) is 0 Å². The SMILES string of the molecule is CCCc1cc(-c2cc(O)cc(O)c2)ccc1O. The highest BCUT2D eigenvalue weighted by molar-refractivity contribution is 5.68. The molecule has 3 nitrogen and oxygen atoms in total. The zero-order valence-electron chi connectivity index (χ0n) is 10.2.